The molecule has 2 nitrogen and oxygen atoms in total. The maximum absolute atomic E-state index is 6.77. The van der Waals surface area contributed by atoms with Crippen molar-refractivity contribution < 1.29 is 9.22 Å². The molecular weight excluding hydrogens is 270 g/mol. The summed E-state index contributed by atoms with van der Waals surface area (Å²) in [4.78, 5) is 0. The summed E-state index contributed by atoms with van der Waals surface area (Å²) in [6, 6.07) is 0. The van der Waals surface area contributed by atoms with E-state index in [9.17, 15) is 0 Å². The second-order valence-corrected chi connectivity index (χ2v) is 8.66. The number of allylic oxidation sites excluding steroid dienone is 1. The summed E-state index contributed by atoms with van der Waals surface area (Å²) in [5, 5.41) is 0. The Morgan fingerprint density at radius 2 is 1.73 bits per heavy atom. The lowest BCUT2D eigenvalue weighted by molar-refractivity contribution is -0.917. The zero-order chi connectivity index (χ0) is 15.0. The number of hydrogen-bond acceptors (Lipinski definition) is 1. The Kier molecular flexibility index (Phi) is 4.34. The van der Waals surface area contributed by atoms with E-state index in [0.717, 1.165) is 11.8 Å². The predicted octanol–water partition coefficient (Wildman–Crippen LogP) is 4.30. The molecule has 2 aliphatic carbocycles. The zero-order valence-electron chi connectivity index (χ0n) is 14.4. The summed E-state index contributed by atoms with van der Waals surface area (Å²) in [5.41, 5.74) is 1.83. The Bertz CT molecular complexity index is 423. The van der Waals surface area contributed by atoms with E-state index in [-0.39, 0.29) is 0 Å². The maximum atomic E-state index is 6.77. The first-order valence-electron chi connectivity index (χ1n) is 9.94. The first kappa shape index (κ1) is 15.2. The quantitative estimate of drug-likeness (QED) is 0.546. The Hall–Kier alpha value is -0.340. The molecule has 0 bridgehead atoms. The molecule has 0 unspecified atom stereocenters. The molecule has 22 heavy (non-hydrogen) atoms. The van der Waals surface area contributed by atoms with Crippen LogP contribution in [0.1, 0.15) is 64.2 Å². The number of nitrogens with zero attached hydrogens (tertiary/aromatic N) is 1. The Morgan fingerprint density at radius 3 is 2.59 bits per heavy atom. The van der Waals surface area contributed by atoms with E-state index in [4.69, 9.17) is 4.74 Å². The smallest absolute Gasteiger partial charge is 0.113 e. The van der Waals surface area contributed by atoms with E-state index < -0.39 is 0 Å². The lowest BCUT2D eigenvalue weighted by atomic mass is 9.69. The summed E-state index contributed by atoms with van der Waals surface area (Å²) < 4.78 is 8.04. The topological polar surface area (TPSA) is 9.23 Å². The number of fused-ring (bicyclic) bond motifs is 3. The van der Waals surface area contributed by atoms with Crippen molar-refractivity contribution in [1.29, 1.82) is 0 Å². The number of piperidine rings is 1. The first-order valence-corrected chi connectivity index (χ1v) is 9.94. The van der Waals surface area contributed by atoms with E-state index in [1.54, 1.807) is 0 Å². The molecule has 4 atom stereocenters. The van der Waals surface area contributed by atoms with Crippen molar-refractivity contribution >= 4 is 0 Å². The molecule has 0 aromatic rings. The highest BCUT2D eigenvalue weighted by Gasteiger charge is 2.45. The van der Waals surface area contributed by atoms with Gasteiger partial charge in [0.15, 0.2) is 0 Å². The van der Waals surface area contributed by atoms with Gasteiger partial charge in [-0.3, -0.25) is 0 Å². The summed E-state index contributed by atoms with van der Waals surface area (Å²) in [6.07, 6.45) is 17.6. The molecule has 2 aliphatic heterocycles. The van der Waals surface area contributed by atoms with E-state index >= 15 is 0 Å². The summed E-state index contributed by atoms with van der Waals surface area (Å²) in [5.74, 6) is 1.53. The van der Waals surface area contributed by atoms with Gasteiger partial charge in [-0.2, -0.15) is 0 Å². The fourth-order valence-corrected chi connectivity index (χ4v) is 5.77. The van der Waals surface area contributed by atoms with Gasteiger partial charge in [0, 0.05) is 11.8 Å². The molecule has 2 saturated heterocycles. The van der Waals surface area contributed by atoms with Crippen molar-refractivity contribution in [2.45, 2.75) is 76.4 Å². The maximum Gasteiger partial charge on any atom is 0.113 e. The van der Waals surface area contributed by atoms with Gasteiger partial charge in [-0.25, -0.2) is 0 Å². The second-order valence-electron chi connectivity index (χ2n) is 8.66. The lowest BCUT2D eigenvalue weighted by Crippen LogP contribution is -2.57. The standard InChI is InChI=1S/C20H34NO/c1-21(13-7-2-8-14-21)15-20-18-11-4-3-9-16(18)17-10-5-6-12-19(17)22-20/h9,17-20H,2-8,10-15H2,1H3/q+1/t17-,18-,19+,20+/m1/s1. The third-order valence-electron chi connectivity index (χ3n) is 6.97. The Labute approximate surface area is 136 Å². The molecule has 1 saturated carbocycles. The van der Waals surface area contributed by atoms with Crippen molar-refractivity contribution in [2.75, 3.05) is 26.7 Å². The van der Waals surface area contributed by atoms with E-state index in [1.807, 2.05) is 5.57 Å². The molecule has 124 valence electrons. The van der Waals surface area contributed by atoms with Crippen LogP contribution in [0.15, 0.2) is 11.6 Å². The van der Waals surface area contributed by atoms with Crippen LogP contribution in [0, 0.1) is 11.8 Å². The van der Waals surface area contributed by atoms with Crippen molar-refractivity contribution in [3.8, 4) is 0 Å². The van der Waals surface area contributed by atoms with E-state index in [1.165, 1.54) is 88.3 Å². The van der Waals surface area contributed by atoms with Gasteiger partial charge in [-0.05, 0) is 51.4 Å². The highest BCUT2D eigenvalue weighted by atomic mass is 16.5. The minimum absolute atomic E-state index is 0.508. The molecule has 0 N–H and O–H groups in total. The van der Waals surface area contributed by atoms with Crippen LogP contribution in [0.2, 0.25) is 0 Å². The highest BCUT2D eigenvalue weighted by molar-refractivity contribution is 5.20. The monoisotopic (exact) mass is 304 g/mol. The van der Waals surface area contributed by atoms with Gasteiger partial charge >= 0.3 is 0 Å². The minimum Gasteiger partial charge on any atom is -0.368 e. The molecular formula is C20H34NO+. The Morgan fingerprint density at radius 1 is 0.955 bits per heavy atom. The van der Waals surface area contributed by atoms with Crippen LogP contribution in [-0.4, -0.2) is 43.4 Å². The Balaban J connectivity index is 1.53. The van der Waals surface area contributed by atoms with Crippen LogP contribution in [0.25, 0.3) is 0 Å². The van der Waals surface area contributed by atoms with Crippen LogP contribution >= 0.6 is 0 Å². The van der Waals surface area contributed by atoms with Crippen molar-refractivity contribution in [3.63, 3.8) is 0 Å². The minimum atomic E-state index is 0.508. The molecule has 0 aromatic heterocycles. The number of likely N-dealkylation sites (N-methyl/N-ethyl adjacent to an activating group) is 1. The molecule has 0 aromatic carbocycles. The average Bonchev–Trinajstić information content (AvgIpc) is 2.55. The van der Waals surface area contributed by atoms with E-state index in [2.05, 4.69) is 13.1 Å². The fraction of sp³-hybridized carbons (Fsp3) is 0.900. The highest BCUT2D eigenvalue weighted by Crippen LogP contribution is 2.46. The summed E-state index contributed by atoms with van der Waals surface area (Å²) in [6.45, 7) is 4.02. The first-order chi connectivity index (χ1) is 10.8. The molecule has 4 rings (SSSR count). The van der Waals surface area contributed by atoms with Crippen LogP contribution in [-0.2, 0) is 4.74 Å². The summed E-state index contributed by atoms with van der Waals surface area (Å²) in [7, 11) is 2.49. The largest absolute Gasteiger partial charge is 0.368 e. The SMILES string of the molecule is C[N+]1(C[C@@H]2O[C@H]3CCCC[C@@H]3C3=CCCC[C@H]32)CCCCC1. The van der Waals surface area contributed by atoms with Crippen LogP contribution in [0.4, 0.5) is 0 Å². The molecule has 0 radical (unpaired) electrons. The normalized spacial score (nSPS) is 41.2. The second kappa shape index (κ2) is 6.28. The number of hydrogen-bond donors (Lipinski definition) is 0. The molecule has 0 amide bonds. The summed E-state index contributed by atoms with van der Waals surface area (Å²) >= 11 is 0. The molecule has 3 fully saturated rings. The van der Waals surface area contributed by atoms with Gasteiger partial charge in [-0.15, -0.1) is 0 Å². The van der Waals surface area contributed by atoms with Crippen LogP contribution in [0.5, 0.6) is 0 Å². The molecule has 2 heterocycles. The van der Waals surface area contributed by atoms with Gasteiger partial charge in [0.25, 0.3) is 0 Å². The fourth-order valence-electron chi connectivity index (χ4n) is 5.77. The number of likely N-dealkylation sites (tertiary alicyclic amines) is 1. The third kappa shape index (κ3) is 2.89. The van der Waals surface area contributed by atoms with Crippen molar-refractivity contribution in [1.82, 2.24) is 0 Å². The molecule has 4 aliphatic rings. The van der Waals surface area contributed by atoms with Gasteiger partial charge in [-0.1, -0.05) is 24.5 Å². The number of ether oxygens (including phenoxy) is 1. The predicted molar refractivity (Wildman–Crippen MR) is 90.7 cm³/mol. The van der Waals surface area contributed by atoms with Crippen molar-refractivity contribution in [3.05, 3.63) is 11.6 Å². The van der Waals surface area contributed by atoms with E-state index in [0.29, 0.717) is 12.2 Å². The van der Waals surface area contributed by atoms with Gasteiger partial charge in [0.05, 0.1) is 26.2 Å². The lowest BCUT2D eigenvalue weighted by Gasteiger charge is -2.50. The number of quaternary nitrogens is 1. The van der Waals surface area contributed by atoms with Gasteiger partial charge in [0.2, 0.25) is 0 Å². The van der Waals surface area contributed by atoms with Crippen molar-refractivity contribution in [2.24, 2.45) is 11.8 Å². The molecule has 0 spiro atoms. The zero-order valence-corrected chi connectivity index (χ0v) is 14.4. The average molecular weight is 304 g/mol. The van der Waals surface area contributed by atoms with Gasteiger partial charge < -0.3 is 9.22 Å². The van der Waals surface area contributed by atoms with Crippen LogP contribution in [0.3, 0.4) is 0 Å². The molecule has 2 heteroatoms. The number of rotatable bonds is 2. The van der Waals surface area contributed by atoms with Gasteiger partial charge in [0.1, 0.15) is 12.6 Å². The third-order valence-corrected chi connectivity index (χ3v) is 6.97. The van der Waals surface area contributed by atoms with Crippen LogP contribution < -0.4 is 0 Å².